The highest BCUT2D eigenvalue weighted by Crippen LogP contribution is 2.34. The van der Waals surface area contributed by atoms with Crippen molar-refractivity contribution in [1.29, 1.82) is 0 Å². The number of carbonyl (C=O) groups excluding carboxylic acids is 1. The molecule has 1 aromatic carbocycles. The van der Waals surface area contributed by atoms with Gasteiger partial charge in [0.15, 0.2) is 9.84 Å². The first-order valence-electron chi connectivity index (χ1n) is 6.90. The maximum Gasteiger partial charge on any atom is 0.233 e. The van der Waals surface area contributed by atoms with Gasteiger partial charge < -0.3 is 4.90 Å². The lowest BCUT2D eigenvalue weighted by Crippen LogP contribution is -2.41. The number of sulfone groups is 1. The highest BCUT2D eigenvalue weighted by atomic mass is 35.5. The van der Waals surface area contributed by atoms with Crippen LogP contribution in [0.3, 0.4) is 0 Å². The molecule has 1 aliphatic rings. The summed E-state index contributed by atoms with van der Waals surface area (Å²) in [6, 6.07) is 4.98. The minimum Gasteiger partial charge on any atom is -0.338 e. The lowest BCUT2D eigenvalue weighted by molar-refractivity contribution is -0.129. The Morgan fingerprint density at radius 1 is 1.36 bits per heavy atom. The van der Waals surface area contributed by atoms with Gasteiger partial charge in [-0.1, -0.05) is 29.3 Å². The fourth-order valence-electron chi connectivity index (χ4n) is 2.50. The molecule has 1 heterocycles. The molecule has 0 N–H and O–H groups in total. The van der Waals surface area contributed by atoms with E-state index < -0.39 is 9.84 Å². The Balaban J connectivity index is 2.01. The van der Waals surface area contributed by atoms with Gasteiger partial charge in [-0.2, -0.15) is 0 Å². The molecule has 122 valence electrons. The van der Waals surface area contributed by atoms with Crippen LogP contribution < -0.4 is 0 Å². The van der Waals surface area contributed by atoms with Crippen LogP contribution in [0.5, 0.6) is 0 Å². The van der Waals surface area contributed by atoms with Gasteiger partial charge in [0.25, 0.3) is 0 Å². The Bertz CT molecular complexity index is 644. The molecule has 0 aromatic heterocycles. The van der Waals surface area contributed by atoms with Crippen molar-refractivity contribution >= 4 is 50.7 Å². The van der Waals surface area contributed by atoms with Gasteiger partial charge in [-0.05, 0) is 25.5 Å². The fraction of sp³-hybridized carbons (Fsp3) is 0.500. The van der Waals surface area contributed by atoms with Crippen molar-refractivity contribution in [2.24, 2.45) is 0 Å². The summed E-state index contributed by atoms with van der Waals surface area (Å²) in [6.45, 7) is 2.35. The summed E-state index contributed by atoms with van der Waals surface area (Å²) in [7, 11) is -3.01. The summed E-state index contributed by atoms with van der Waals surface area (Å²) in [5.41, 5.74) is 0. The normalized spacial score (nSPS) is 20.0. The Kier molecular flexibility index (Phi) is 6.05. The summed E-state index contributed by atoms with van der Waals surface area (Å²) >= 11 is 13.4. The van der Waals surface area contributed by atoms with Gasteiger partial charge in [-0.3, -0.25) is 4.79 Å². The van der Waals surface area contributed by atoms with E-state index in [1.807, 2.05) is 6.92 Å². The summed E-state index contributed by atoms with van der Waals surface area (Å²) in [5.74, 6) is 0.314. The lowest BCUT2D eigenvalue weighted by Gasteiger charge is -2.26. The van der Waals surface area contributed by atoms with Crippen LogP contribution in [0.15, 0.2) is 23.1 Å². The molecule has 0 bridgehead atoms. The van der Waals surface area contributed by atoms with Gasteiger partial charge in [0.05, 0.1) is 27.3 Å². The molecule has 1 atom stereocenters. The Morgan fingerprint density at radius 3 is 2.50 bits per heavy atom. The summed E-state index contributed by atoms with van der Waals surface area (Å²) in [4.78, 5) is 14.7. The van der Waals surface area contributed by atoms with Gasteiger partial charge in [-0.15, -0.1) is 11.8 Å². The van der Waals surface area contributed by atoms with Crippen molar-refractivity contribution in [3.63, 3.8) is 0 Å². The van der Waals surface area contributed by atoms with E-state index in [2.05, 4.69) is 0 Å². The molecule has 1 aromatic rings. The third-order valence-corrected chi connectivity index (χ3v) is 7.29. The van der Waals surface area contributed by atoms with Crippen LogP contribution in [-0.2, 0) is 14.6 Å². The smallest absolute Gasteiger partial charge is 0.233 e. The van der Waals surface area contributed by atoms with Gasteiger partial charge >= 0.3 is 0 Å². The Labute approximate surface area is 145 Å². The van der Waals surface area contributed by atoms with Gasteiger partial charge in [0.2, 0.25) is 5.91 Å². The van der Waals surface area contributed by atoms with E-state index in [1.165, 1.54) is 11.8 Å². The molecule has 1 amide bonds. The van der Waals surface area contributed by atoms with Crippen LogP contribution in [0.2, 0.25) is 10.0 Å². The first-order valence-corrected chi connectivity index (χ1v) is 10.5. The summed E-state index contributed by atoms with van der Waals surface area (Å²) < 4.78 is 23.1. The first kappa shape index (κ1) is 17.9. The SMILES string of the molecule is CCN(C(=O)CSc1c(Cl)cccc1Cl)C1CCS(=O)(=O)C1. The highest BCUT2D eigenvalue weighted by molar-refractivity contribution is 8.00. The van der Waals surface area contributed by atoms with Crippen LogP contribution in [0, 0.1) is 0 Å². The van der Waals surface area contributed by atoms with E-state index in [0.29, 0.717) is 27.9 Å². The molecular weight excluding hydrogens is 365 g/mol. The van der Waals surface area contributed by atoms with Crippen LogP contribution in [0.4, 0.5) is 0 Å². The molecule has 1 fully saturated rings. The molecule has 1 saturated heterocycles. The number of rotatable bonds is 5. The van der Waals surface area contributed by atoms with Crippen molar-refractivity contribution in [2.45, 2.75) is 24.3 Å². The largest absolute Gasteiger partial charge is 0.338 e. The van der Waals surface area contributed by atoms with E-state index in [0.717, 1.165) is 0 Å². The zero-order chi connectivity index (χ0) is 16.3. The average molecular weight is 382 g/mol. The quantitative estimate of drug-likeness (QED) is 0.735. The fourth-order valence-corrected chi connectivity index (χ4v) is 5.80. The minimum absolute atomic E-state index is 0.0596. The van der Waals surface area contributed by atoms with Crippen molar-refractivity contribution in [2.75, 3.05) is 23.8 Å². The monoisotopic (exact) mass is 381 g/mol. The molecule has 22 heavy (non-hydrogen) atoms. The Morgan fingerprint density at radius 2 is 2.00 bits per heavy atom. The van der Waals surface area contributed by atoms with E-state index in [1.54, 1.807) is 23.1 Å². The molecule has 0 aliphatic carbocycles. The first-order chi connectivity index (χ1) is 10.3. The molecule has 4 nitrogen and oxygen atoms in total. The maximum absolute atomic E-state index is 12.4. The van der Waals surface area contributed by atoms with Crippen molar-refractivity contribution in [1.82, 2.24) is 4.90 Å². The van der Waals surface area contributed by atoms with E-state index in [-0.39, 0.29) is 29.2 Å². The standard InChI is InChI=1S/C14H17Cl2NO3S2/c1-2-17(10-6-7-22(19,20)9-10)13(18)8-21-14-11(15)4-3-5-12(14)16/h3-5,10H,2,6-9H2,1H3. The van der Waals surface area contributed by atoms with E-state index >= 15 is 0 Å². The van der Waals surface area contributed by atoms with Crippen LogP contribution >= 0.6 is 35.0 Å². The van der Waals surface area contributed by atoms with Crippen molar-refractivity contribution < 1.29 is 13.2 Å². The predicted octanol–water partition coefficient (Wildman–Crippen LogP) is 3.12. The lowest BCUT2D eigenvalue weighted by atomic mass is 10.2. The van der Waals surface area contributed by atoms with Crippen molar-refractivity contribution in [3.05, 3.63) is 28.2 Å². The average Bonchev–Trinajstić information content (AvgIpc) is 2.79. The van der Waals surface area contributed by atoms with Crippen molar-refractivity contribution in [3.8, 4) is 0 Å². The third-order valence-electron chi connectivity index (χ3n) is 3.57. The topological polar surface area (TPSA) is 54.5 Å². The molecule has 8 heteroatoms. The van der Waals surface area contributed by atoms with Gasteiger partial charge in [0, 0.05) is 17.5 Å². The Hall–Kier alpha value is -0.430. The number of amides is 1. The predicted molar refractivity (Wildman–Crippen MR) is 91.6 cm³/mol. The number of halogens is 2. The van der Waals surface area contributed by atoms with E-state index in [4.69, 9.17) is 23.2 Å². The molecular formula is C14H17Cl2NO3S2. The minimum atomic E-state index is -3.01. The number of hydrogen-bond donors (Lipinski definition) is 0. The van der Waals surface area contributed by atoms with Crippen LogP contribution in [0.1, 0.15) is 13.3 Å². The highest BCUT2D eigenvalue weighted by Gasteiger charge is 2.33. The van der Waals surface area contributed by atoms with Gasteiger partial charge in [-0.25, -0.2) is 8.42 Å². The third kappa shape index (κ3) is 4.31. The second-order valence-electron chi connectivity index (χ2n) is 5.08. The molecule has 2 rings (SSSR count). The molecule has 1 aliphatic heterocycles. The number of hydrogen-bond acceptors (Lipinski definition) is 4. The molecule has 0 saturated carbocycles. The number of nitrogens with zero attached hydrogens (tertiary/aromatic N) is 1. The molecule has 0 radical (unpaired) electrons. The zero-order valence-electron chi connectivity index (χ0n) is 12.1. The molecule has 1 unspecified atom stereocenters. The van der Waals surface area contributed by atoms with Crippen LogP contribution in [-0.4, -0.2) is 49.1 Å². The number of benzene rings is 1. The van der Waals surface area contributed by atoms with Crippen LogP contribution in [0.25, 0.3) is 0 Å². The summed E-state index contributed by atoms with van der Waals surface area (Å²) in [6.07, 6.45) is 0.513. The second-order valence-corrected chi connectivity index (χ2v) is 9.10. The second kappa shape index (κ2) is 7.43. The van der Waals surface area contributed by atoms with Gasteiger partial charge in [0.1, 0.15) is 0 Å². The molecule has 0 spiro atoms. The zero-order valence-corrected chi connectivity index (χ0v) is 15.2. The summed E-state index contributed by atoms with van der Waals surface area (Å²) in [5, 5.41) is 1.02. The maximum atomic E-state index is 12.4. The number of thioether (sulfide) groups is 1. The van der Waals surface area contributed by atoms with E-state index in [9.17, 15) is 13.2 Å². The number of carbonyl (C=O) groups is 1.